The molecule has 84 valence electrons. The molecule has 0 fully saturated rings. The smallest absolute Gasteiger partial charge is 0.282 e. The van der Waals surface area contributed by atoms with Gasteiger partial charge in [0.1, 0.15) is 0 Å². The summed E-state index contributed by atoms with van der Waals surface area (Å²) in [4.78, 5) is 10.4. The molecular formula is C11H21O2S-. The Labute approximate surface area is 92.5 Å². The molecule has 1 atom stereocenters. The molecule has 0 aromatic carbocycles. The third-order valence-electron chi connectivity index (χ3n) is 2.35. The molecule has 14 heavy (non-hydrogen) atoms. The van der Waals surface area contributed by atoms with Crippen molar-refractivity contribution in [2.24, 2.45) is 0 Å². The van der Waals surface area contributed by atoms with Gasteiger partial charge in [0, 0.05) is 0 Å². The number of unbranched alkanes of at least 4 members (excludes halogenated alkanes) is 6. The maximum Gasteiger partial charge on any atom is 0.282 e. The van der Waals surface area contributed by atoms with Gasteiger partial charge in [0.15, 0.2) is 0 Å². The first-order valence-electron chi connectivity index (χ1n) is 5.57. The van der Waals surface area contributed by atoms with Crippen LogP contribution in [0.25, 0.3) is 0 Å². The van der Waals surface area contributed by atoms with Crippen LogP contribution >= 0.6 is 0 Å². The highest BCUT2D eigenvalue weighted by molar-refractivity contribution is 7.60. The molecule has 0 aliphatic heterocycles. The second-order valence-corrected chi connectivity index (χ2v) is 4.31. The molecule has 0 saturated carbocycles. The van der Waals surface area contributed by atoms with Crippen LogP contribution in [0, 0.1) is 0 Å². The van der Waals surface area contributed by atoms with E-state index in [1.807, 2.05) is 0 Å². The number of carboxylic acid groups (broad SMARTS) is 1. The summed E-state index contributed by atoms with van der Waals surface area (Å²) in [6.45, 7) is 2.20. The zero-order valence-electron chi connectivity index (χ0n) is 9.00. The molecule has 1 N–H and O–H groups in total. The number of carbonyl (C=O) groups is 1. The van der Waals surface area contributed by atoms with Gasteiger partial charge in [0.05, 0.1) is 0 Å². The lowest BCUT2D eigenvalue weighted by Crippen LogP contribution is -2.16. The Balaban J connectivity index is 3.09. The van der Waals surface area contributed by atoms with Crippen LogP contribution in [0.5, 0.6) is 0 Å². The van der Waals surface area contributed by atoms with Gasteiger partial charge in [-0.25, -0.2) is 0 Å². The third-order valence-corrected chi connectivity index (χ3v) is 2.78. The maximum absolute atomic E-state index is 10.4. The van der Waals surface area contributed by atoms with E-state index in [9.17, 15) is 4.79 Å². The van der Waals surface area contributed by atoms with Crippen molar-refractivity contribution in [3.05, 3.63) is 0 Å². The van der Waals surface area contributed by atoms with Gasteiger partial charge in [-0.15, -0.1) is 0 Å². The van der Waals surface area contributed by atoms with Gasteiger partial charge in [-0.1, -0.05) is 63.5 Å². The van der Waals surface area contributed by atoms with Gasteiger partial charge in [0.2, 0.25) is 0 Å². The number of rotatable bonds is 9. The molecule has 0 bridgehead atoms. The zero-order chi connectivity index (χ0) is 10.8. The van der Waals surface area contributed by atoms with Crippen LogP contribution in [0.1, 0.15) is 58.3 Å². The van der Waals surface area contributed by atoms with Crippen molar-refractivity contribution in [3.8, 4) is 0 Å². The molecule has 0 aliphatic rings. The van der Waals surface area contributed by atoms with E-state index < -0.39 is 11.2 Å². The second-order valence-electron chi connectivity index (χ2n) is 3.74. The minimum Gasteiger partial charge on any atom is -0.778 e. The maximum atomic E-state index is 10.4. The van der Waals surface area contributed by atoms with Crippen LogP contribution in [-0.2, 0) is 17.4 Å². The Hall–Kier alpha value is -0.180. The van der Waals surface area contributed by atoms with E-state index in [1.165, 1.54) is 32.1 Å². The van der Waals surface area contributed by atoms with Crippen molar-refractivity contribution in [2.45, 2.75) is 63.5 Å². The average Bonchev–Trinajstić information content (AvgIpc) is 2.16. The Kier molecular flexibility index (Phi) is 9.26. The summed E-state index contributed by atoms with van der Waals surface area (Å²) < 4.78 is 0. The predicted molar refractivity (Wildman–Crippen MR) is 61.4 cm³/mol. The Morgan fingerprint density at radius 1 is 1.14 bits per heavy atom. The molecule has 0 heterocycles. The fourth-order valence-corrected chi connectivity index (χ4v) is 1.58. The van der Waals surface area contributed by atoms with Gasteiger partial charge < -0.3 is 17.7 Å². The lowest BCUT2D eigenvalue weighted by molar-refractivity contribution is -0.136. The first-order valence-corrected chi connectivity index (χ1v) is 6.04. The average molecular weight is 217 g/mol. The molecule has 3 heteroatoms. The molecule has 2 nitrogen and oxygen atoms in total. The molecule has 0 rings (SSSR count). The summed E-state index contributed by atoms with van der Waals surface area (Å²) in [5.74, 6) is -0.842. The highest BCUT2D eigenvalue weighted by atomic mass is 32.1. The molecule has 0 aromatic rings. The van der Waals surface area contributed by atoms with Crippen molar-refractivity contribution in [1.29, 1.82) is 0 Å². The summed E-state index contributed by atoms with van der Waals surface area (Å²) in [5.41, 5.74) is 0. The monoisotopic (exact) mass is 217 g/mol. The molecule has 0 saturated heterocycles. The van der Waals surface area contributed by atoms with Crippen LogP contribution in [0.4, 0.5) is 0 Å². The summed E-state index contributed by atoms with van der Waals surface area (Å²) in [7, 11) is 0. The standard InChI is InChI=1S/C11H22O2S/c1-2-3-4-5-6-7-8-9-10(14)11(12)13/h10,14H,2-9H2,1H3,(H,12,13)/p-1. The first-order chi connectivity index (χ1) is 6.68. The Morgan fingerprint density at radius 3 is 2.14 bits per heavy atom. The van der Waals surface area contributed by atoms with Crippen LogP contribution in [0.15, 0.2) is 0 Å². The van der Waals surface area contributed by atoms with Gasteiger partial charge >= 0.3 is 0 Å². The lowest BCUT2D eigenvalue weighted by Gasteiger charge is -2.15. The summed E-state index contributed by atoms with van der Waals surface area (Å²) in [5, 5.41) is 7.97. The first kappa shape index (κ1) is 13.8. The second kappa shape index (κ2) is 9.38. The van der Waals surface area contributed by atoms with E-state index in [0.29, 0.717) is 6.42 Å². The number of aliphatic carboxylic acids is 1. The Bertz CT molecular complexity index is 148. The quantitative estimate of drug-likeness (QED) is 0.476. The van der Waals surface area contributed by atoms with Crippen LogP contribution < -0.4 is 0 Å². The van der Waals surface area contributed by atoms with Gasteiger partial charge in [-0.3, -0.25) is 4.79 Å². The molecule has 0 aromatic heterocycles. The van der Waals surface area contributed by atoms with Crippen molar-refractivity contribution < 1.29 is 9.90 Å². The van der Waals surface area contributed by atoms with Crippen LogP contribution in [0.3, 0.4) is 0 Å². The molecular weight excluding hydrogens is 196 g/mol. The van der Waals surface area contributed by atoms with Crippen molar-refractivity contribution in [3.63, 3.8) is 0 Å². The normalized spacial score (nSPS) is 12.7. The number of carboxylic acids is 1. The fourth-order valence-electron chi connectivity index (χ4n) is 1.41. The van der Waals surface area contributed by atoms with Gasteiger partial charge in [0.25, 0.3) is 5.97 Å². The predicted octanol–water partition coefficient (Wildman–Crippen LogP) is 3.13. The molecule has 0 spiro atoms. The van der Waals surface area contributed by atoms with Crippen molar-refractivity contribution in [1.82, 2.24) is 0 Å². The minimum absolute atomic E-state index is 0.578. The van der Waals surface area contributed by atoms with E-state index in [1.54, 1.807) is 0 Å². The lowest BCUT2D eigenvalue weighted by atomic mass is 10.1. The van der Waals surface area contributed by atoms with Crippen molar-refractivity contribution in [2.75, 3.05) is 0 Å². The van der Waals surface area contributed by atoms with E-state index in [4.69, 9.17) is 17.7 Å². The van der Waals surface area contributed by atoms with E-state index in [-0.39, 0.29) is 0 Å². The molecule has 1 unspecified atom stereocenters. The highest BCUT2D eigenvalue weighted by Crippen LogP contribution is 2.09. The summed E-state index contributed by atoms with van der Waals surface area (Å²) in [6.07, 6.45) is 9.15. The number of hydrogen-bond acceptors (Lipinski definition) is 2. The molecule has 0 aliphatic carbocycles. The van der Waals surface area contributed by atoms with Gasteiger partial charge in [-0.2, -0.15) is 0 Å². The highest BCUT2D eigenvalue weighted by Gasteiger charge is 2.00. The molecule has 0 amide bonds. The fraction of sp³-hybridized carbons (Fsp3) is 0.909. The Morgan fingerprint density at radius 2 is 1.64 bits per heavy atom. The van der Waals surface area contributed by atoms with E-state index >= 15 is 0 Å². The summed E-state index contributed by atoms with van der Waals surface area (Å²) in [6, 6.07) is 0. The topological polar surface area (TPSA) is 37.3 Å². The summed E-state index contributed by atoms with van der Waals surface area (Å²) >= 11 is 4.78. The number of hydrogen-bond donors (Lipinski definition) is 1. The minimum atomic E-state index is -0.842. The van der Waals surface area contributed by atoms with E-state index in [0.717, 1.165) is 12.8 Å². The molecule has 0 radical (unpaired) electrons. The SMILES string of the molecule is CCCCCCCCCC([S-])C(=O)O. The third kappa shape index (κ3) is 8.42. The zero-order valence-corrected chi connectivity index (χ0v) is 9.81. The van der Waals surface area contributed by atoms with E-state index in [2.05, 4.69) is 6.92 Å². The van der Waals surface area contributed by atoms with Crippen LogP contribution in [0.2, 0.25) is 0 Å². The van der Waals surface area contributed by atoms with Crippen LogP contribution in [-0.4, -0.2) is 16.3 Å². The van der Waals surface area contributed by atoms with Gasteiger partial charge in [-0.05, 0) is 0 Å². The largest absolute Gasteiger partial charge is 0.778 e. The van der Waals surface area contributed by atoms with Crippen molar-refractivity contribution >= 4 is 18.6 Å².